The molecule has 21 heteroatoms. The predicted molar refractivity (Wildman–Crippen MR) is 125 cm³/mol. The van der Waals surface area contributed by atoms with Gasteiger partial charge in [-0.1, -0.05) is 12.8 Å². The molecule has 1 aliphatic heterocycles. The highest BCUT2D eigenvalue weighted by atomic mass is 31.3. The highest BCUT2D eigenvalue weighted by Gasteiger charge is 2.46. The van der Waals surface area contributed by atoms with Crippen LogP contribution < -0.4 is 11.5 Å². The molecule has 37 heavy (non-hydrogen) atoms. The molecule has 2 aromatic heterocycles. The molecular weight excluding hydrogens is 561 g/mol. The number of nitrogens with zero attached hydrogens (tertiary/aromatic N) is 4. The number of ether oxygens (including phenoxy) is 2. The normalized spacial score (nSPS) is 23.8. The third-order valence-corrected chi connectivity index (χ3v) is 8.95. The zero-order chi connectivity index (χ0) is 27.3. The molecule has 0 bridgehead atoms. The van der Waals surface area contributed by atoms with Crippen molar-refractivity contribution in [3.8, 4) is 0 Å². The van der Waals surface area contributed by atoms with E-state index in [9.17, 15) is 23.5 Å². The molecule has 0 radical (unpaired) electrons. The Morgan fingerprint density at radius 3 is 2.46 bits per heavy atom. The van der Waals surface area contributed by atoms with Gasteiger partial charge in [0.05, 0.1) is 12.9 Å². The minimum atomic E-state index is -5.68. The number of aromatic nitrogens is 4. The van der Waals surface area contributed by atoms with E-state index in [1.54, 1.807) is 0 Å². The SMILES string of the molecule is NCCCCCCOC[C@H]1O[C@@H](n2cnc3c(N)ncnc32)C[C@@H]1OP(=O)(O)OP(=O)(O)OP(=O)(O)O. The number of imidazole rings is 1. The van der Waals surface area contributed by atoms with Crippen molar-refractivity contribution < 1.29 is 55.9 Å². The van der Waals surface area contributed by atoms with Crippen molar-refractivity contribution in [1.82, 2.24) is 19.5 Å². The van der Waals surface area contributed by atoms with Gasteiger partial charge in [-0.15, -0.1) is 0 Å². The van der Waals surface area contributed by atoms with Crippen LogP contribution in [0.4, 0.5) is 5.82 Å². The van der Waals surface area contributed by atoms with E-state index in [4.69, 9.17) is 35.3 Å². The maximum absolute atomic E-state index is 12.4. The fourth-order valence-electron chi connectivity index (χ4n) is 3.58. The van der Waals surface area contributed by atoms with Crippen LogP contribution in [-0.2, 0) is 36.3 Å². The summed E-state index contributed by atoms with van der Waals surface area (Å²) < 4.78 is 60.7. The molecule has 0 amide bonds. The summed E-state index contributed by atoms with van der Waals surface area (Å²) in [5, 5.41) is 0. The van der Waals surface area contributed by atoms with Gasteiger partial charge >= 0.3 is 23.5 Å². The number of nitrogens with two attached hydrogens (primary N) is 2. The van der Waals surface area contributed by atoms with E-state index in [1.165, 1.54) is 17.2 Å². The number of phosphoric ester groups is 1. The van der Waals surface area contributed by atoms with Gasteiger partial charge in [0, 0.05) is 13.0 Å². The van der Waals surface area contributed by atoms with E-state index in [0.717, 1.165) is 25.7 Å². The molecule has 5 atom stereocenters. The molecule has 0 saturated carbocycles. The summed E-state index contributed by atoms with van der Waals surface area (Å²) in [4.78, 5) is 49.0. The van der Waals surface area contributed by atoms with Crippen LogP contribution in [0.5, 0.6) is 0 Å². The van der Waals surface area contributed by atoms with Crippen LogP contribution in [0.15, 0.2) is 12.7 Å². The largest absolute Gasteiger partial charge is 0.490 e. The van der Waals surface area contributed by atoms with Crippen LogP contribution in [0.1, 0.15) is 38.3 Å². The Balaban J connectivity index is 1.72. The van der Waals surface area contributed by atoms with Crippen molar-refractivity contribution >= 4 is 40.4 Å². The van der Waals surface area contributed by atoms with Crippen LogP contribution in [-0.4, -0.2) is 71.1 Å². The molecule has 0 aliphatic carbocycles. The molecule has 0 spiro atoms. The van der Waals surface area contributed by atoms with Crippen LogP contribution in [0.3, 0.4) is 0 Å². The summed E-state index contributed by atoms with van der Waals surface area (Å²) in [5.41, 5.74) is 11.9. The zero-order valence-corrected chi connectivity index (χ0v) is 22.1. The molecule has 3 rings (SSSR count). The van der Waals surface area contributed by atoms with Crippen molar-refractivity contribution in [3.63, 3.8) is 0 Å². The smallest absolute Gasteiger partial charge is 0.382 e. The maximum atomic E-state index is 12.4. The lowest BCUT2D eigenvalue weighted by atomic mass is 10.2. The first kappa shape index (κ1) is 30.2. The van der Waals surface area contributed by atoms with Gasteiger partial charge in [-0.2, -0.15) is 8.62 Å². The lowest BCUT2D eigenvalue weighted by molar-refractivity contribution is -0.0607. The second-order valence-corrected chi connectivity index (χ2v) is 12.3. The van der Waals surface area contributed by atoms with Crippen molar-refractivity contribution in [2.24, 2.45) is 5.73 Å². The van der Waals surface area contributed by atoms with Gasteiger partial charge in [0.2, 0.25) is 0 Å². The van der Waals surface area contributed by atoms with Crippen molar-refractivity contribution in [3.05, 3.63) is 12.7 Å². The number of hydrogen-bond donors (Lipinski definition) is 6. The molecule has 0 aromatic carbocycles. The van der Waals surface area contributed by atoms with E-state index in [1.807, 2.05) is 0 Å². The lowest BCUT2D eigenvalue weighted by Crippen LogP contribution is -2.29. The van der Waals surface area contributed by atoms with E-state index in [-0.39, 0.29) is 18.8 Å². The monoisotopic (exact) mass is 590 g/mol. The minimum Gasteiger partial charge on any atom is -0.382 e. The molecule has 3 heterocycles. The van der Waals surface area contributed by atoms with Crippen LogP contribution >= 0.6 is 23.5 Å². The summed E-state index contributed by atoms with van der Waals surface area (Å²) in [6.45, 7) is 0.867. The highest BCUT2D eigenvalue weighted by molar-refractivity contribution is 7.66. The summed E-state index contributed by atoms with van der Waals surface area (Å²) in [7, 11) is -16.6. The second-order valence-electron chi connectivity index (χ2n) is 7.96. The first-order chi connectivity index (χ1) is 17.3. The molecule has 2 aromatic rings. The van der Waals surface area contributed by atoms with E-state index in [2.05, 4.69) is 23.6 Å². The summed E-state index contributed by atoms with van der Waals surface area (Å²) in [6, 6.07) is 0. The van der Waals surface area contributed by atoms with E-state index in [0.29, 0.717) is 24.3 Å². The average Bonchev–Trinajstić information content (AvgIpc) is 3.35. The number of phosphoric acid groups is 3. The molecule has 210 valence electrons. The minimum absolute atomic E-state index is 0.0857. The van der Waals surface area contributed by atoms with Crippen LogP contribution in [0.25, 0.3) is 11.2 Å². The Kier molecular flexibility index (Phi) is 10.3. The number of fused-ring (bicyclic) bond motifs is 1. The van der Waals surface area contributed by atoms with Gasteiger partial charge in [0.15, 0.2) is 11.5 Å². The first-order valence-electron chi connectivity index (χ1n) is 11.0. The van der Waals surface area contributed by atoms with Gasteiger partial charge in [-0.05, 0) is 19.4 Å². The fourth-order valence-corrected chi connectivity index (χ4v) is 6.81. The number of rotatable bonds is 15. The Morgan fingerprint density at radius 1 is 1.03 bits per heavy atom. The number of nitrogen functional groups attached to an aromatic ring is 1. The quantitative estimate of drug-likeness (QED) is 0.124. The van der Waals surface area contributed by atoms with Gasteiger partial charge < -0.3 is 40.5 Å². The molecule has 1 aliphatic rings. The average molecular weight is 590 g/mol. The van der Waals surface area contributed by atoms with Gasteiger partial charge in [0.1, 0.15) is 30.3 Å². The molecule has 1 fully saturated rings. The maximum Gasteiger partial charge on any atom is 0.490 e. The predicted octanol–water partition coefficient (Wildman–Crippen LogP) is 0.944. The third kappa shape index (κ3) is 9.11. The number of hydrogen-bond acceptors (Lipinski definition) is 13. The number of anilines is 1. The standard InChI is InChI=1S/C16H29N6O12P3/c17-5-3-1-2-4-6-30-8-12-11(32-36(26,27)34-37(28,29)33-35(23,24)25)7-13(31-12)22-10-21-14-15(18)19-9-20-16(14)22/h9-13H,1-8,17H2,(H,26,27)(H,28,29)(H2,18,19,20)(H2,23,24,25)/t11-,12+,13+/m0/s1. The summed E-state index contributed by atoms with van der Waals surface area (Å²) >= 11 is 0. The topological polar surface area (TPSA) is 274 Å². The van der Waals surface area contributed by atoms with Crippen LogP contribution in [0, 0.1) is 0 Å². The second kappa shape index (κ2) is 12.7. The number of unbranched alkanes of at least 4 members (excludes halogenated alkanes) is 3. The van der Waals surface area contributed by atoms with E-state index < -0.39 is 41.9 Å². The van der Waals surface area contributed by atoms with Gasteiger partial charge in [0.25, 0.3) is 0 Å². The van der Waals surface area contributed by atoms with Crippen LogP contribution in [0.2, 0.25) is 0 Å². The molecule has 2 unspecified atom stereocenters. The summed E-state index contributed by atoms with van der Waals surface area (Å²) in [5.74, 6) is 0.126. The Bertz CT molecular complexity index is 1190. The molecular formula is C16H29N6O12P3. The third-order valence-electron chi connectivity index (χ3n) is 5.09. The Morgan fingerprint density at radius 2 is 1.76 bits per heavy atom. The Labute approximate surface area is 210 Å². The lowest BCUT2D eigenvalue weighted by Gasteiger charge is -2.22. The van der Waals surface area contributed by atoms with Crippen molar-refractivity contribution in [2.75, 3.05) is 25.5 Å². The molecule has 18 nitrogen and oxygen atoms in total. The van der Waals surface area contributed by atoms with E-state index >= 15 is 0 Å². The van der Waals surface area contributed by atoms with Crippen molar-refractivity contribution in [1.29, 1.82) is 0 Å². The van der Waals surface area contributed by atoms with Gasteiger partial charge in [-0.25, -0.2) is 28.6 Å². The fraction of sp³-hybridized carbons (Fsp3) is 0.688. The highest BCUT2D eigenvalue weighted by Crippen LogP contribution is 2.67. The summed E-state index contributed by atoms with van der Waals surface area (Å²) in [6.07, 6.45) is 2.93. The van der Waals surface area contributed by atoms with Crippen molar-refractivity contribution in [2.45, 2.75) is 50.5 Å². The first-order valence-corrected chi connectivity index (χ1v) is 15.5. The van der Waals surface area contributed by atoms with Gasteiger partial charge in [-0.3, -0.25) is 9.09 Å². The Hall–Kier alpha value is -1.36. The molecule has 1 saturated heterocycles. The zero-order valence-electron chi connectivity index (χ0n) is 19.4. The molecule has 8 N–H and O–H groups in total.